The van der Waals surface area contributed by atoms with Crippen LogP contribution in [0, 0.1) is 5.82 Å². The zero-order valence-corrected chi connectivity index (χ0v) is 15.6. The molecule has 1 unspecified atom stereocenters. The first kappa shape index (κ1) is 18.8. The van der Waals surface area contributed by atoms with Crippen molar-refractivity contribution < 1.29 is 9.13 Å². The molecule has 26 heavy (non-hydrogen) atoms. The number of hydrogen-bond acceptors (Lipinski definition) is 4. The lowest BCUT2D eigenvalue weighted by molar-refractivity contribution is 0.122. The van der Waals surface area contributed by atoms with Crippen LogP contribution < -0.4 is 10.2 Å². The van der Waals surface area contributed by atoms with Gasteiger partial charge in [-0.05, 0) is 49.5 Å². The van der Waals surface area contributed by atoms with E-state index < -0.39 is 0 Å². The van der Waals surface area contributed by atoms with Crippen molar-refractivity contribution in [2.24, 2.45) is 0 Å². The number of anilines is 1. The number of hydrogen-bond donors (Lipinski definition) is 1. The van der Waals surface area contributed by atoms with Gasteiger partial charge in [0.15, 0.2) is 0 Å². The third-order valence-corrected chi connectivity index (χ3v) is 4.86. The quantitative estimate of drug-likeness (QED) is 0.824. The molecule has 1 heterocycles. The Labute approximate surface area is 155 Å². The Morgan fingerprint density at radius 1 is 1.04 bits per heavy atom. The van der Waals surface area contributed by atoms with Gasteiger partial charge in [-0.15, -0.1) is 0 Å². The number of ether oxygens (including phenoxy) is 1. The molecule has 5 heteroatoms. The van der Waals surface area contributed by atoms with Crippen molar-refractivity contribution in [1.82, 2.24) is 10.2 Å². The van der Waals surface area contributed by atoms with Crippen molar-refractivity contribution in [1.29, 1.82) is 0 Å². The Hall–Kier alpha value is -1.95. The Morgan fingerprint density at radius 2 is 1.69 bits per heavy atom. The fourth-order valence-corrected chi connectivity index (χ4v) is 3.28. The first-order valence-electron chi connectivity index (χ1n) is 9.18. The minimum Gasteiger partial charge on any atom is -0.378 e. The molecule has 0 bridgehead atoms. The van der Waals surface area contributed by atoms with E-state index in [4.69, 9.17) is 4.74 Å². The highest BCUT2D eigenvalue weighted by Gasteiger charge is 2.14. The predicted molar refractivity (Wildman–Crippen MR) is 104 cm³/mol. The van der Waals surface area contributed by atoms with E-state index in [1.165, 1.54) is 23.4 Å². The molecule has 0 amide bonds. The Bertz CT molecular complexity index is 667. The second-order valence-electron chi connectivity index (χ2n) is 6.93. The summed E-state index contributed by atoms with van der Waals surface area (Å²) in [4.78, 5) is 4.51. The van der Waals surface area contributed by atoms with E-state index in [2.05, 4.69) is 39.4 Å². The lowest BCUT2D eigenvalue weighted by Gasteiger charge is -2.29. The lowest BCUT2D eigenvalue weighted by atomic mass is 10.1. The summed E-state index contributed by atoms with van der Waals surface area (Å²) in [6.45, 7) is 5.15. The van der Waals surface area contributed by atoms with Crippen molar-refractivity contribution in [2.75, 3.05) is 51.8 Å². The maximum Gasteiger partial charge on any atom is 0.123 e. The van der Waals surface area contributed by atoms with E-state index in [9.17, 15) is 4.39 Å². The summed E-state index contributed by atoms with van der Waals surface area (Å²) >= 11 is 0. The fraction of sp³-hybridized carbons (Fsp3) is 0.429. The molecular weight excluding hydrogens is 329 g/mol. The average Bonchev–Trinajstić information content (AvgIpc) is 2.67. The molecule has 0 spiro atoms. The predicted octanol–water partition coefficient (Wildman–Crippen LogP) is 3.05. The van der Waals surface area contributed by atoms with E-state index in [1.807, 2.05) is 26.2 Å². The van der Waals surface area contributed by atoms with Crippen LogP contribution in [-0.4, -0.2) is 51.8 Å². The Kier molecular flexibility index (Phi) is 6.61. The second kappa shape index (κ2) is 9.12. The van der Waals surface area contributed by atoms with Crippen LogP contribution in [-0.2, 0) is 11.3 Å². The molecule has 0 radical (unpaired) electrons. The summed E-state index contributed by atoms with van der Waals surface area (Å²) in [5.41, 5.74) is 3.64. The van der Waals surface area contributed by atoms with Gasteiger partial charge in [-0.25, -0.2) is 4.39 Å². The number of nitrogens with zero attached hydrogens (tertiary/aromatic N) is 2. The SMILES string of the molecule is CN(C)C(CNCc1ccc(N2CCOCC2)cc1)c1ccc(F)cc1. The van der Waals surface area contributed by atoms with Gasteiger partial charge in [-0.3, -0.25) is 0 Å². The van der Waals surface area contributed by atoms with Crippen molar-refractivity contribution in [2.45, 2.75) is 12.6 Å². The molecule has 0 saturated carbocycles. The maximum absolute atomic E-state index is 13.2. The standard InChI is InChI=1S/C21H28FN3O/c1-24(2)21(18-5-7-19(22)8-6-18)16-23-15-17-3-9-20(10-4-17)25-11-13-26-14-12-25/h3-10,21,23H,11-16H2,1-2H3. The molecule has 4 nitrogen and oxygen atoms in total. The molecule has 0 aromatic heterocycles. The van der Waals surface area contributed by atoms with Crippen LogP contribution in [0.1, 0.15) is 17.2 Å². The molecule has 1 saturated heterocycles. The summed E-state index contributed by atoms with van der Waals surface area (Å²) in [5.74, 6) is -0.195. The van der Waals surface area contributed by atoms with Crippen molar-refractivity contribution in [3.05, 3.63) is 65.5 Å². The minimum atomic E-state index is -0.195. The molecule has 3 rings (SSSR count). The number of benzene rings is 2. The van der Waals surface area contributed by atoms with Gasteiger partial charge in [-0.2, -0.15) is 0 Å². The van der Waals surface area contributed by atoms with Gasteiger partial charge in [-0.1, -0.05) is 24.3 Å². The topological polar surface area (TPSA) is 27.7 Å². The van der Waals surface area contributed by atoms with Gasteiger partial charge >= 0.3 is 0 Å². The maximum atomic E-state index is 13.2. The second-order valence-corrected chi connectivity index (χ2v) is 6.93. The fourth-order valence-electron chi connectivity index (χ4n) is 3.28. The molecule has 1 atom stereocenters. The van der Waals surface area contributed by atoms with Crippen molar-refractivity contribution in [3.8, 4) is 0 Å². The van der Waals surface area contributed by atoms with Crippen LogP contribution in [0.2, 0.25) is 0 Å². The molecule has 0 aliphatic carbocycles. The van der Waals surface area contributed by atoms with E-state index in [0.29, 0.717) is 0 Å². The van der Waals surface area contributed by atoms with Crippen LogP contribution in [0.4, 0.5) is 10.1 Å². The van der Waals surface area contributed by atoms with Gasteiger partial charge in [0, 0.05) is 37.9 Å². The molecule has 1 fully saturated rings. The zero-order chi connectivity index (χ0) is 18.4. The van der Waals surface area contributed by atoms with Gasteiger partial charge in [0.25, 0.3) is 0 Å². The minimum absolute atomic E-state index is 0.195. The van der Waals surface area contributed by atoms with Gasteiger partial charge in [0.1, 0.15) is 5.82 Å². The third-order valence-electron chi connectivity index (χ3n) is 4.86. The number of likely N-dealkylation sites (N-methyl/N-ethyl adjacent to an activating group) is 1. The van der Waals surface area contributed by atoms with Crippen LogP contribution in [0.25, 0.3) is 0 Å². The molecule has 2 aromatic rings. The van der Waals surface area contributed by atoms with Crippen LogP contribution in [0.15, 0.2) is 48.5 Å². The largest absolute Gasteiger partial charge is 0.378 e. The number of halogens is 1. The van der Waals surface area contributed by atoms with Gasteiger partial charge in [0.05, 0.1) is 13.2 Å². The zero-order valence-electron chi connectivity index (χ0n) is 15.6. The van der Waals surface area contributed by atoms with E-state index in [0.717, 1.165) is 45.0 Å². The average molecular weight is 357 g/mol. The van der Waals surface area contributed by atoms with Gasteiger partial charge < -0.3 is 19.9 Å². The molecule has 1 aliphatic rings. The van der Waals surface area contributed by atoms with Crippen LogP contribution in [0.5, 0.6) is 0 Å². The van der Waals surface area contributed by atoms with E-state index in [-0.39, 0.29) is 11.9 Å². The molecular formula is C21H28FN3O. The normalized spacial score (nSPS) is 16.1. The number of morpholine rings is 1. The smallest absolute Gasteiger partial charge is 0.123 e. The summed E-state index contributed by atoms with van der Waals surface area (Å²) in [6.07, 6.45) is 0. The Morgan fingerprint density at radius 3 is 2.31 bits per heavy atom. The molecule has 140 valence electrons. The van der Waals surface area contributed by atoms with E-state index >= 15 is 0 Å². The highest BCUT2D eigenvalue weighted by Crippen LogP contribution is 2.19. The van der Waals surface area contributed by atoms with Gasteiger partial charge in [0.2, 0.25) is 0 Å². The summed E-state index contributed by atoms with van der Waals surface area (Å²) in [6, 6.07) is 15.7. The highest BCUT2D eigenvalue weighted by molar-refractivity contribution is 5.47. The highest BCUT2D eigenvalue weighted by atomic mass is 19.1. The first-order chi connectivity index (χ1) is 12.6. The summed E-state index contributed by atoms with van der Waals surface area (Å²) < 4.78 is 18.6. The first-order valence-corrected chi connectivity index (χ1v) is 9.18. The third kappa shape index (κ3) is 5.04. The van der Waals surface area contributed by atoms with Crippen molar-refractivity contribution >= 4 is 5.69 Å². The van der Waals surface area contributed by atoms with Crippen LogP contribution in [0.3, 0.4) is 0 Å². The number of nitrogens with one attached hydrogen (secondary N) is 1. The molecule has 1 aliphatic heterocycles. The van der Waals surface area contributed by atoms with E-state index in [1.54, 1.807) is 0 Å². The van der Waals surface area contributed by atoms with Crippen LogP contribution >= 0.6 is 0 Å². The summed E-state index contributed by atoms with van der Waals surface area (Å²) in [5, 5.41) is 3.53. The summed E-state index contributed by atoms with van der Waals surface area (Å²) in [7, 11) is 4.10. The lowest BCUT2D eigenvalue weighted by Crippen LogP contribution is -2.36. The monoisotopic (exact) mass is 357 g/mol. The number of rotatable bonds is 7. The van der Waals surface area contributed by atoms with Crippen molar-refractivity contribution in [3.63, 3.8) is 0 Å². The Balaban J connectivity index is 1.53. The molecule has 2 aromatic carbocycles. The molecule has 1 N–H and O–H groups in total.